The summed E-state index contributed by atoms with van der Waals surface area (Å²) in [5.74, 6) is -1.19. The average molecular weight is 623 g/mol. The third kappa shape index (κ3) is 12.9. The molecule has 2 aliphatic heterocycles. The van der Waals surface area contributed by atoms with E-state index in [1.807, 2.05) is 0 Å². The maximum absolute atomic E-state index is 12.3. The van der Waals surface area contributed by atoms with Gasteiger partial charge >= 0.3 is 0 Å². The van der Waals surface area contributed by atoms with E-state index in [1.165, 1.54) is 17.1 Å². The number of imide groups is 2. The second kappa shape index (κ2) is 21.6. The van der Waals surface area contributed by atoms with Crippen LogP contribution in [0, 0.1) is 0 Å². The number of carbonyl (C=O) groups is 4. The van der Waals surface area contributed by atoms with Crippen molar-refractivity contribution in [1.29, 1.82) is 0 Å². The summed E-state index contributed by atoms with van der Waals surface area (Å²) in [5.41, 5.74) is 0.871. The fraction of sp³-hybridized carbons (Fsp3) is 0.600. The van der Waals surface area contributed by atoms with Crippen LogP contribution in [-0.2, 0) is 47.5 Å². The van der Waals surface area contributed by atoms with Gasteiger partial charge in [-0.15, -0.1) is 0 Å². The monoisotopic (exact) mass is 622 g/mol. The lowest BCUT2D eigenvalue weighted by Crippen LogP contribution is -2.33. The Morgan fingerprint density at radius 1 is 0.386 bits per heavy atom. The van der Waals surface area contributed by atoms with Crippen molar-refractivity contribution < 1.29 is 57.1 Å². The molecule has 0 radical (unpaired) electrons. The highest BCUT2D eigenvalue weighted by Crippen LogP contribution is 2.21. The van der Waals surface area contributed by atoms with E-state index in [-0.39, 0.29) is 49.9 Å². The molecule has 0 atom stereocenters. The lowest BCUT2D eigenvalue weighted by molar-refractivity contribution is -0.137. The van der Waals surface area contributed by atoms with E-state index in [9.17, 15) is 19.2 Å². The largest absolute Gasteiger partial charge is 0.377 e. The van der Waals surface area contributed by atoms with Crippen molar-refractivity contribution in [2.24, 2.45) is 0 Å². The van der Waals surface area contributed by atoms with Crippen molar-refractivity contribution in [3.8, 4) is 0 Å². The topological polar surface area (TPSA) is 149 Å². The molecule has 1 aromatic rings. The molecule has 4 amide bonds. The Balaban J connectivity index is 0.958. The summed E-state index contributed by atoms with van der Waals surface area (Å²) in [4.78, 5) is 49.7. The van der Waals surface area contributed by atoms with Crippen molar-refractivity contribution in [2.45, 2.75) is 0 Å². The van der Waals surface area contributed by atoms with Crippen LogP contribution in [-0.4, -0.2) is 152 Å². The third-order valence-electron chi connectivity index (χ3n) is 6.30. The van der Waals surface area contributed by atoms with Gasteiger partial charge in [0.25, 0.3) is 23.6 Å². The zero-order chi connectivity index (χ0) is 31.2. The quantitative estimate of drug-likeness (QED) is 0.0984. The molecule has 0 bridgehead atoms. The summed E-state index contributed by atoms with van der Waals surface area (Å²) >= 11 is 0. The van der Waals surface area contributed by atoms with Crippen molar-refractivity contribution in [1.82, 2.24) is 9.80 Å². The molecule has 14 heteroatoms. The number of hydrogen-bond donors (Lipinski definition) is 0. The summed E-state index contributed by atoms with van der Waals surface area (Å²) in [6.45, 7) is 6.92. The molecule has 2 heterocycles. The molecule has 1 aromatic carbocycles. The highest BCUT2D eigenvalue weighted by atomic mass is 16.6. The molecule has 3 rings (SSSR count). The van der Waals surface area contributed by atoms with E-state index in [2.05, 4.69) is 0 Å². The predicted molar refractivity (Wildman–Crippen MR) is 154 cm³/mol. The van der Waals surface area contributed by atoms with Gasteiger partial charge in [-0.3, -0.25) is 29.0 Å². The summed E-state index contributed by atoms with van der Waals surface area (Å²) in [5, 5.41) is 0. The standard InChI is InChI=1S/C30H42N2O12/c33-27-5-6-28(34)31(27)7-9-37-11-13-39-15-17-41-19-21-43-23-24-44-22-20-42-18-16-40-14-12-38-10-8-32-29(35)25-3-1-2-4-26(25)30(32)36/h1-6H,7-24H2. The summed E-state index contributed by atoms with van der Waals surface area (Å²) in [7, 11) is 0. The Kier molecular flexibility index (Phi) is 17.4. The summed E-state index contributed by atoms with van der Waals surface area (Å²) in [6, 6.07) is 6.79. The molecule has 0 aliphatic carbocycles. The van der Waals surface area contributed by atoms with Gasteiger partial charge in [-0.05, 0) is 12.1 Å². The Hall–Kier alpha value is -3.08. The van der Waals surface area contributed by atoms with Gasteiger partial charge in [0, 0.05) is 12.2 Å². The van der Waals surface area contributed by atoms with Gasteiger partial charge in [-0.1, -0.05) is 12.1 Å². The van der Waals surface area contributed by atoms with Crippen molar-refractivity contribution in [3.63, 3.8) is 0 Å². The maximum Gasteiger partial charge on any atom is 0.261 e. The smallest absolute Gasteiger partial charge is 0.261 e. The van der Waals surface area contributed by atoms with Crippen molar-refractivity contribution in [3.05, 3.63) is 47.5 Å². The van der Waals surface area contributed by atoms with Crippen LogP contribution in [0.15, 0.2) is 36.4 Å². The minimum absolute atomic E-state index is 0.207. The van der Waals surface area contributed by atoms with Crippen LogP contribution in [0.2, 0.25) is 0 Å². The fourth-order valence-electron chi connectivity index (χ4n) is 4.05. The SMILES string of the molecule is O=C1C=CC(=O)N1CCOCCOCCOCCOCCOCCOCCOCCOCCN1C(=O)c2ccccc2C1=O. The van der Waals surface area contributed by atoms with Crippen molar-refractivity contribution >= 4 is 23.6 Å². The zero-order valence-corrected chi connectivity index (χ0v) is 25.0. The van der Waals surface area contributed by atoms with E-state index in [4.69, 9.17) is 37.9 Å². The van der Waals surface area contributed by atoms with Gasteiger partial charge in [-0.2, -0.15) is 0 Å². The number of nitrogens with zero attached hydrogens (tertiary/aromatic N) is 2. The highest BCUT2D eigenvalue weighted by Gasteiger charge is 2.34. The van der Waals surface area contributed by atoms with Crippen LogP contribution in [0.3, 0.4) is 0 Å². The van der Waals surface area contributed by atoms with Crippen LogP contribution in [0.5, 0.6) is 0 Å². The third-order valence-corrected chi connectivity index (χ3v) is 6.30. The Morgan fingerprint density at radius 3 is 0.977 bits per heavy atom. The second-order valence-corrected chi connectivity index (χ2v) is 9.37. The van der Waals surface area contributed by atoms with Gasteiger partial charge in [-0.25, -0.2) is 0 Å². The molecular weight excluding hydrogens is 580 g/mol. The number of carbonyl (C=O) groups excluding carboxylic acids is 4. The van der Waals surface area contributed by atoms with Gasteiger partial charge < -0.3 is 37.9 Å². The lowest BCUT2D eigenvalue weighted by Gasteiger charge is -2.13. The first kappa shape index (κ1) is 35.4. The van der Waals surface area contributed by atoms with Gasteiger partial charge in [0.1, 0.15) is 0 Å². The van der Waals surface area contributed by atoms with E-state index in [0.29, 0.717) is 104 Å². The molecule has 0 N–H and O–H groups in total. The zero-order valence-electron chi connectivity index (χ0n) is 25.0. The molecule has 0 fully saturated rings. The molecular formula is C30H42N2O12. The first-order chi connectivity index (χ1) is 21.6. The molecule has 0 unspecified atom stereocenters. The average Bonchev–Trinajstić information content (AvgIpc) is 3.48. The van der Waals surface area contributed by atoms with Crippen molar-refractivity contribution in [2.75, 3.05) is 119 Å². The van der Waals surface area contributed by atoms with E-state index >= 15 is 0 Å². The molecule has 2 aliphatic rings. The first-order valence-electron chi connectivity index (χ1n) is 14.7. The Morgan fingerprint density at radius 2 is 0.659 bits per heavy atom. The van der Waals surface area contributed by atoms with Crippen LogP contribution < -0.4 is 0 Å². The molecule has 0 spiro atoms. The van der Waals surface area contributed by atoms with Gasteiger partial charge in [0.05, 0.1) is 130 Å². The van der Waals surface area contributed by atoms with E-state index in [1.54, 1.807) is 24.3 Å². The first-order valence-corrected chi connectivity index (χ1v) is 14.7. The van der Waals surface area contributed by atoms with E-state index in [0.717, 1.165) is 4.90 Å². The minimum atomic E-state index is -0.313. The number of rotatable bonds is 27. The number of ether oxygens (including phenoxy) is 8. The summed E-state index contributed by atoms with van der Waals surface area (Å²) < 4.78 is 43.4. The normalized spacial score (nSPS) is 14.5. The second-order valence-electron chi connectivity index (χ2n) is 9.37. The predicted octanol–water partition coefficient (Wildman–Crippen LogP) is 0.340. The molecule has 0 saturated heterocycles. The Labute approximate surface area is 257 Å². The number of fused-ring (bicyclic) bond motifs is 1. The lowest BCUT2D eigenvalue weighted by atomic mass is 10.1. The number of hydrogen-bond acceptors (Lipinski definition) is 12. The fourth-order valence-corrected chi connectivity index (χ4v) is 4.05. The molecule has 0 aromatic heterocycles. The summed E-state index contributed by atoms with van der Waals surface area (Å²) in [6.07, 6.45) is 2.50. The van der Waals surface area contributed by atoms with Crippen LogP contribution in [0.1, 0.15) is 20.7 Å². The minimum Gasteiger partial charge on any atom is -0.377 e. The molecule has 44 heavy (non-hydrogen) atoms. The molecule has 0 saturated carbocycles. The van der Waals surface area contributed by atoms with Gasteiger partial charge in [0.15, 0.2) is 0 Å². The Bertz CT molecular complexity index is 1010. The highest BCUT2D eigenvalue weighted by molar-refractivity contribution is 6.21. The van der Waals surface area contributed by atoms with Crippen LogP contribution in [0.25, 0.3) is 0 Å². The maximum atomic E-state index is 12.3. The number of amides is 4. The van der Waals surface area contributed by atoms with Gasteiger partial charge in [0.2, 0.25) is 0 Å². The number of benzene rings is 1. The van der Waals surface area contributed by atoms with Crippen LogP contribution >= 0.6 is 0 Å². The van der Waals surface area contributed by atoms with E-state index < -0.39 is 0 Å². The molecule has 14 nitrogen and oxygen atoms in total. The van der Waals surface area contributed by atoms with Crippen LogP contribution in [0.4, 0.5) is 0 Å². The molecule has 244 valence electrons.